The molecule has 1 aliphatic carbocycles. The first-order valence-corrected chi connectivity index (χ1v) is 8.44. The molecule has 1 N–H and O–H groups in total. The van der Waals surface area contributed by atoms with E-state index in [1.807, 2.05) is 19.1 Å². The van der Waals surface area contributed by atoms with E-state index in [2.05, 4.69) is 42.0 Å². The zero-order chi connectivity index (χ0) is 19.1. The Hall–Kier alpha value is -2.97. The first-order chi connectivity index (χ1) is 12.9. The minimum Gasteiger partial charge on any atom is -0.413 e. The third kappa shape index (κ3) is 3.36. The number of aromatic nitrogens is 4. The Labute approximate surface area is 152 Å². The van der Waals surface area contributed by atoms with Crippen LogP contribution in [-0.4, -0.2) is 20.2 Å². The molecule has 0 spiro atoms. The monoisotopic (exact) mass is 375 g/mol. The van der Waals surface area contributed by atoms with Gasteiger partial charge < -0.3 is 9.73 Å². The van der Waals surface area contributed by atoms with Crippen LogP contribution in [0, 0.1) is 6.92 Å². The van der Waals surface area contributed by atoms with Gasteiger partial charge in [0.05, 0.1) is 11.1 Å². The maximum Gasteiger partial charge on any atom is 0.470 e. The molecule has 0 amide bonds. The largest absolute Gasteiger partial charge is 0.470 e. The van der Waals surface area contributed by atoms with Gasteiger partial charge in [-0.3, -0.25) is 0 Å². The summed E-state index contributed by atoms with van der Waals surface area (Å²) in [6.45, 7) is 2.04. The van der Waals surface area contributed by atoms with Crippen molar-refractivity contribution in [1.82, 2.24) is 20.2 Å². The Kier molecular flexibility index (Phi) is 4.09. The molecule has 4 rings (SSSR count). The van der Waals surface area contributed by atoms with Gasteiger partial charge in [0, 0.05) is 12.4 Å². The molecule has 1 saturated carbocycles. The molecule has 2 heterocycles. The molecule has 1 fully saturated rings. The van der Waals surface area contributed by atoms with E-state index in [9.17, 15) is 13.2 Å². The second-order valence-electron chi connectivity index (χ2n) is 6.64. The highest BCUT2D eigenvalue weighted by Crippen LogP contribution is 2.43. The van der Waals surface area contributed by atoms with Crippen LogP contribution in [0.4, 0.5) is 19.1 Å². The van der Waals surface area contributed by atoms with Crippen molar-refractivity contribution < 1.29 is 17.6 Å². The van der Waals surface area contributed by atoms with E-state index in [0.29, 0.717) is 5.95 Å². The summed E-state index contributed by atoms with van der Waals surface area (Å²) in [7, 11) is 0. The standard InChI is InChI=1S/C18H16F3N5O/c1-11-4-2-5-13(8-11)17(6-3-7-17)24-16-22-9-12(10-23-16)14-25-26-15(27-14)18(19,20)21/h2,4-5,8-10H,3,6-7H2,1H3,(H,22,23,24). The average molecular weight is 375 g/mol. The summed E-state index contributed by atoms with van der Waals surface area (Å²) in [5.74, 6) is -1.27. The molecule has 1 aliphatic rings. The average Bonchev–Trinajstić information content (AvgIpc) is 3.09. The fourth-order valence-electron chi connectivity index (χ4n) is 3.13. The molecule has 2 aromatic heterocycles. The summed E-state index contributed by atoms with van der Waals surface area (Å²) in [5, 5.41) is 9.78. The molecular weight excluding hydrogens is 359 g/mol. The molecule has 6 nitrogen and oxygen atoms in total. The summed E-state index contributed by atoms with van der Waals surface area (Å²) in [4.78, 5) is 8.42. The van der Waals surface area contributed by atoms with Crippen molar-refractivity contribution in [3.63, 3.8) is 0 Å². The Morgan fingerprint density at radius 2 is 1.85 bits per heavy atom. The first-order valence-electron chi connectivity index (χ1n) is 8.44. The molecule has 0 atom stereocenters. The number of hydrogen-bond donors (Lipinski definition) is 1. The van der Waals surface area contributed by atoms with E-state index < -0.39 is 12.1 Å². The molecule has 0 saturated heterocycles. The number of halogens is 3. The first kappa shape index (κ1) is 17.4. The highest BCUT2D eigenvalue weighted by molar-refractivity contribution is 5.51. The van der Waals surface area contributed by atoms with Crippen molar-refractivity contribution in [2.75, 3.05) is 5.32 Å². The lowest BCUT2D eigenvalue weighted by molar-refractivity contribution is -0.156. The minimum atomic E-state index is -4.68. The Bertz CT molecular complexity index is 948. The topological polar surface area (TPSA) is 76.7 Å². The van der Waals surface area contributed by atoms with Gasteiger partial charge >= 0.3 is 12.1 Å². The molecular formula is C18H16F3N5O. The summed E-state index contributed by atoms with van der Waals surface area (Å²) in [5.41, 5.74) is 2.35. The number of benzene rings is 1. The van der Waals surface area contributed by atoms with Crippen molar-refractivity contribution in [3.8, 4) is 11.5 Å². The van der Waals surface area contributed by atoms with Gasteiger partial charge in [-0.15, -0.1) is 10.2 Å². The summed E-state index contributed by atoms with van der Waals surface area (Å²) in [6.07, 6.45) is 1.07. The Morgan fingerprint density at radius 1 is 1.11 bits per heavy atom. The molecule has 1 aromatic carbocycles. The minimum absolute atomic E-state index is 0.221. The van der Waals surface area contributed by atoms with Crippen molar-refractivity contribution >= 4 is 5.95 Å². The number of anilines is 1. The van der Waals surface area contributed by atoms with Gasteiger partial charge in [-0.1, -0.05) is 29.8 Å². The molecule has 140 valence electrons. The fraction of sp³-hybridized carbons (Fsp3) is 0.333. The molecule has 27 heavy (non-hydrogen) atoms. The van der Waals surface area contributed by atoms with Crippen LogP contribution < -0.4 is 5.32 Å². The zero-order valence-corrected chi connectivity index (χ0v) is 14.4. The third-order valence-corrected chi connectivity index (χ3v) is 4.70. The van der Waals surface area contributed by atoms with Crippen LogP contribution >= 0.6 is 0 Å². The van der Waals surface area contributed by atoms with Crippen molar-refractivity contribution in [1.29, 1.82) is 0 Å². The van der Waals surface area contributed by atoms with E-state index in [0.717, 1.165) is 19.3 Å². The second-order valence-corrected chi connectivity index (χ2v) is 6.64. The normalized spacial score (nSPS) is 16.0. The van der Waals surface area contributed by atoms with Crippen LogP contribution in [0.3, 0.4) is 0 Å². The van der Waals surface area contributed by atoms with Crippen molar-refractivity contribution in [3.05, 3.63) is 53.7 Å². The lowest BCUT2D eigenvalue weighted by Crippen LogP contribution is -2.42. The van der Waals surface area contributed by atoms with Gasteiger partial charge in [0.2, 0.25) is 5.95 Å². The van der Waals surface area contributed by atoms with Crippen LogP contribution in [0.1, 0.15) is 36.3 Å². The number of aryl methyl sites for hydroxylation is 1. The zero-order valence-electron chi connectivity index (χ0n) is 14.4. The lowest BCUT2D eigenvalue weighted by Gasteiger charge is -2.43. The van der Waals surface area contributed by atoms with Crippen molar-refractivity contribution in [2.45, 2.75) is 37.9 Å². The highest BCUT2D eigenvalue weighted by Gasteiger charge is 2.40. The van der Waals surface area contributed by atoms with E-state index in [1.54, 1.807) is 0 Å². The van der Waals surface area contributed by atoms with Crippen LogP contribution in [0.5, 0.6) is 0 Å². The number of alkyl halides is 3. The quantitative estimate of drug-likeness (QED) is 0.731. The van der Waals surface area contributed by atoms with Gasteiger partial charge in [-0.2, -0.15) is 13.2 Å². The lowest BCUT2D eigenvalue weighted by atomic mass is 9.71. The number of nitrogens with zero attached hydrogens (tertiary/aromatic N) is 4. The van der Waals surface area contributed by atoms with Crippen LogP contribution in [0.25, 0.3) is 11.5 Å². The molecule has 0 radical (unpaired) electrons. The molecule has 9 heteroatoms. The predicted molar refractivity (Wildman–Crippen MR) is 90.7 cm³/mol. The fourth-order valence-corrected chi connectivity index (χ4v) is 3.13. The number of nitrogens with one attached hydrogen (secondary N) is 1. The highest BCUT2D eigenvalue weighted by atomic mass is 19.4. The second kappa shape index (κ2) is 6.33. The van der Waals surface area contributed by atoms with Gasteiger partial charge in [0.25, 0.3) is 5.89 Å². The van der Waals surface area contributed by atoms with Gasteiger partial charge in [-0.25, -0.2) is 9.97 Å². The number of hydrogen-bond acceptors (Lipinski definition) is 6. The Balaban J connectivity index is 1.55. The molecule has 0 bridgehead atoms. The smallest absolute Gasteiger partial charge is 0.413 e. The van der Waals surface area contributed by atoms with E-state index >= 15 is 0 Å². The number of rotatable bonds is 4. The summed E-state index contributed by atoms with van der Waals surface area (Å²) < 4.78 is 42.3. The van der Waals surface area contributed by atoms with Crippen LogP contribution in [-0.2, 0) is 11.7 Å². The third-order valence-electron chi connectivity index (χ3n) is 4.70. The van der Waals surface area contributed by atoms with Gasteiger partial charge in [0.1, 0.15) is 0 Å². The van der Waals surface area contributed by atoms with E-state index in [4.69, 9.17) is 0 Å². The van der Waals surface area contributed by atoms with Gasteiger partial charge in [0.15, 0.2) is 0 Å². The molecule has 0 unspecified atom stereocenters. The van der Waals surface area contributed by atoms with Crippen LogP contribution in [0.2, 0.25) is 0 Å². The maximum absolute atomic E-state index is 12.6. The van der Waals surface area contributed by atoms with Crippen LogP contribution in [0.15, 0.2) is 41.1 Å². The van der Waals surface area contributed by atoms with E-state index in [-0.39, 0.29) is 17.0 Å². The maximum atomic E-state index is 12.6. The van der Waals surface area contributed by atoms with Gasteiger partial charge in [-0.05, 0) is 31.7 Å². The molecule has 3 aromatic rings. The summed E-state index contributed by atoms with van der Waals surface area (Å²) in [6, 6.07) is 8.27. The molecule has 0 aliphatic heterocycles. The SMILES string of the molecule is Cc1cccc(C2(Nc3ncc(-c4nnc(C(F)(F)F)o4)cn3)CCC2)c1. The van der Waals surface area contributed by atoms with E-state index in [1.165, 1.54) is 23.5 Å². The van der Waals surface area contributed by atoms with Crippen molar-refractivity contribution in [2.24, 2.45) is 0 Å². The Morgan fingerprint density at radius 3 is 2.41 bits per heavy atom. The predicted octanol–water partition coefficient (Wildman–Crippen LogP) is 4.35. The summed E-state index contributed by atoms with van der Waals surface area (Å²) >= 11 is 0.